The number of rotatable bonds is 31. The van der Waals surface area contributed by atoms with E-state index in [-0.39, 0.29) is 130 Å². The van der Waals surface area contributed by atoms with Crippen LogP contribution in [0, 0.1) is 23.7 Å². The van der Waals surface area contributed by atoms with Gasteiger partial charge in [0.2, 0.25) is 76.8 Å². The summed E-state index contributed by atoms with van der Waals surface area (Å²) >= 11 is 1.82. The third-order valence-corrected chi connectivity index (χ3v) is 24.7. The van der Waals surface area contributed by atoms with Gasteiger partial charge in [0.05, 0.1) is 63.7 Å². The van der Waals surface area contributed by atoms with E-state index in [9.17, 15) is 92.0 Å². The highest BCUT2D eigenvalue weighted by Gasteiger charge is 2.44. The summed E-state index contributed by atoms with van der Waals surface area (Å²) < 4.78 is 11.4. The van der Waals surface area contributed by atoms with E-state index in [0.717, 1.165) is 29.4 Å². The van der Waals surface area contributed by atoms with Crippen LogP contribution in [0.5, 0.6) is 11.5 Å². The van der Waals surface area contributed by atoms with E-state index >= 15 is 0 Å². The van der Waals surface area contributed by atoms with Crippen LogP contribution in [0.15, 0.2) is 91.4 Å². The lowest BCUT2D eigenvalue weighted by atomic mass is 9.90. The molecule has 3 saturated heterocycles. The number of aromatic nitrogens is 2. The lowest BCUT2D eigenvalue weighted by Crippen LogP contribution is -2.60. The lowest BCUT2D eigenvalue weighted by molar-refractivity contribution is -0.142. The van der Waals surface area contributed by atoms with E-state index < -0.39 is 186 Å². The maximum absolute atomic E-state index is 14.9. The third kappa shape index (κ3) is 35.1. The zero-order valence-electron chi connectivity index (χ0n) is 71.3. The van der Waals surface area contributed by atoms with Crippen LogP contribution in [0.1, 0.15) is 136 Å². The second kappa shape index (κ2) is 51.4. The number of amides is 15. The number of ketones is 1. The molecule has 0 aliphatic carbocycles. The predicted octanol–water partition coefficient (Wildman–Crippen LogP) is 0.408. The number of hydrogen-bond acceptors (Lipinski definition) is 24. The molecule has 3 aromatic carbocycles. The van der Waals surface area contributed by atoms with Crippen molar-refractivity contribution in [2.24, 2.45) is 29.4 Å². The molecule has 1 unspecified atom stereocenters. The second-order valence-electron chi connectivity index (χ2n) is 32.3. The number of ether oxygens (including phenoxy) is 2. The fraction of sp³-hybridized carbons (Fsp3) is 0.560. The van der Waals surface area contributed by atoms with Gasteiger partial charge in [-0.15, -0.1) is 0 Å². The summed E-state index contributed by atoms with van der Waals surface area (Å²) in [6.45, 7) is 13.7. The molecule has 3 aliphatic heterocycles. The number of H-pyrrole nitrogens is 1. The molecule has 38 nitrogen and oxygen atoms in total. The topological polar surface area (TPSA) is 575 Å². The van der Waals surface area contributed by atoms with Crippen molar-refractivity contribution in [3.8, 4) is 11.5 Å². The molecule has 1 aromatic heterocycles. The monoisotopic (exact) mass is 1800 g/mol. The van der Waals surface area contributed by atoms with Crippen molar-refractivity contribution >= 4 is 128 Å². The number of carbonyl (C=O) groups excluding carboxylic acids is 15. The quantitative estimate of drug-likeness (QED) is 0.0184. The van der Waals surface area contributed by atoms with Gasteiger partial charge in [0.25, 0.3) is 0 Å². The smallest absolute Gasteiger partial charge is 0.315 e. The predicted molar refractivity (Wildman–Crippen MR) is 465 cm³/mol. The standard InChI is InChI=1S/C84H119N17O21S3/c1-45(2)32-58-80(116)99-71(46(3)4)82(118)89-48(7)41-124-125-43-64(91-69(107)26-28-121-30-31-122-29-27-87-68(106)17-13-12-16-66-73-63(42-123-66)98-84(120)101-73)81(117)100-72(47(5)6)83(119)97-59(34-50-14-10-9-11-15-50)76(112)90-49(8)74(110)93-61(37-54-40-86-44-88-54)78(114)92-57(38-67(85)105)65(104)36-53(33-51-18-22-55(102)23-19-51)75(111)94-62(39-70(108)109)79(115)96-60(77(113)95-58)35-52-20-24-56(103)25-21-52/h9-11,14-15,18-25,40,44-49,53,57-64,66,71-73,102-103H,12-13,16-17,26-39,41-43H2,1-8H3,(H2,85,105)(H,86,88)(H,87,106)(H,89,118)(H,90,112)(H,91,107)(H,92,114)(H,93,110)(H,94,111)(H,95,113)(H,96,115)(H,97,119)(H,99,116)(H,100,117)(H,108,109)(H2,98,101,120)/t48-,49+,53-,57+,58+,59+,60+,61+,62+,63-,64+,66?,71+,72+,73-/m1/s1. The van der Waals surface area contributed by atoms with Crippen molar-refractivity contribution in [1.82, 2.24) is 84.4 Å². The summed E-state index contributed by atoms with van der Waals surface area (Å²) in [6, 6.07) is 3.25. The van der Waals surface area contributed by atoms with Crippen molar-refractivity contribution in [1.29, 1.82) is 0 Å². The Bertz CT molecular complexity index is 4310. The summed E-state index contributed by atoms with van der Waals surface area (Å²) in [5.74, 6) is -16.5. The van der Waals surface area contributed by atoms with Crippen molar-refractivity contribution in [3.05, 3.63) is 114 Å². The van der Waals surface area contributed by atoms with Gasteiger partial charge in [-0.3, -0.25) is 71.9 Å². The van der Waals surface area contributed by atoms with Crippen LogP contribution >= 0.6 is 33.3 Å². The molecule has 3 fully saturated rings. The number of phenols is 2. The van der Waals surface area contributed by atoms with Gasteiger partial charge in [0.1, 0.15) is 65.9 Å². The average Bonchev–Trinajstić information content (AvgIpc) is 1.65. The number of urea groups is 1. The van der Waals surface area contributed by atoms with E-state index in [2.05, 4.69) is 84.4 Å². The minimum Gasteiger partial charge on any atom is -0.508 e. The van der Waals surface area contributed by atoms with Crippen LogP contribution < -0.4 is 80.2 Å². The Morgan fingerprint density at radius 2 is 1.06 bits per heavy atom. The number of nitrogens with two attached hydrogens (primary N) is 1. The fourth-order valence-electron chi connectivity index (χ4n) is 13.9. The zero-order chi connectivity index (χ0) is 91.4. The molecule has 3 aliphatic rings. The molecule has 15 amide bonds. The summed E-state index contributed by atoms with van der Waals surface area (Å²) in [5, 5.41) is 69.0. The van der Waals surface area contributed by atoms with Gasteiger partial charge in [-0.1, -0.05) is 124 Å². The molecule has 0 bridgehead atoms. The van der Waals surface area contributed by atoms with Crippen LogP contribution in [-0.4, -0.2) is 254 Å². The summed E-state index contributed by atoms with van der Waals surface area (Å²) in [5.41, 5.74) is 7.17. The van der Waals surface area contributed by atoms with E-state index in [1.165, 1.54) is 78.8 Å². The molecule has 4 aromatic rings. The molecule has 7 rings (SSSR count). The Morgan fingerprint density at radius 1 is 0.520 bits per heavy atom. The molecular weight excluding hydrogens is 1680 g/mol. The highest BCUT2D eigenvalue weighted by Crippen LogP contribution is 2.33. The molecule has 41 heteroatoms. The number of carboxylic acid groups (broad SMARTS) is 1. The zero-order valence-corrected chi connectivity index (χ0v) is 73.8. The number of Topliss-reactive ketones (excluding diaryl/α,β-unsaturated/α-hetero) is 1. The lowest BCUT2D eigenvalue weighted by Gasteiger charge is -2.29. The van der Waals surface area contributed by atoms with Crippen LogP contribution in [0.2, 0.25) is 0 Å². The van der Waals surface area contributed by atoms with Gasteiger partial charge < -0.3 is 110 Å². The van der Waals surface area contributed by atoms with Gasteiger partial charge in [-0.05, 0) is 98.2 Å². The fourth-order valence-corrected chi connectivity index (χ4v) is 17.9. The number of carboxylic acids is 1. The van der Waals surface area contributed by atoms with Gasteiger partial charge >= 0.3 is 12.0 Å². The highest BCUT2D eigenvalue weighted by atomic mass is 33.1. The van der Waals surface area contributed by atoms with E-state index in [0.29, 0.717) is 34.8 Å². The van der Waals surface area contributed by atoms with Crippen LogP contribution in [0.25, 0.3) is 0 Å². The van der Waals surface area contributed by atoms with Crippen molar-refractivity contribution in [2.75, 3.05) is 50.2 Å². The molecular formula is C84H119N17O21S3. The number of primary amides is 1. The number of phenolic OH excluding ortho intramolecular Hbond substituents is 2. The van der Waals surface area contributed by atoms with Gasteiger partial charge in [-0.2, -0.15) is 11.8 Å². The van der Waals surface area contributed by atoms with Crippen molar-refractivity contribution in [2.45, 2.75) is 223 Å². The number of benzene rings is 3. The highest BCUT2D eigenvalue weighted by molar-refractivity contribution is 8.76. The number of aromatic amines is 1. The number of thioether (sulfide) groups is 1. The molecule has 15 atom stereocenters. The van der Waals surface area contributed by atoms with Gasteiger partial charge in [0.15, 0.2) is 5.78 Å². The molecule has 125 heavy (non-hydrogen) atoms. The molecule has 0 radical (unpaired) electrons. The molecule has 4 heterocycles. The number of imidazole rings is 1. The second-order valence-corrected chi connectivity index (χ2v) is 36.2. The van der Waals surface area contributed by atoms with Crippen LogP contribution in [0.3, 0.4) is 0 Å². The number of aromatic hydroxyl groups is 2. The molecule has 684 valence electrons. The minimum absolute atomic E-state index is 0.0301. The number of unbranched alkanes of at least 4 members (excludes halogenated alkanes) is 1. The number of hydrogen-bond donors (Lipinski definition) is 19. The Labute approximate surface area is 737 Å². The number of nitrogens with one attached hydrogen (secondary N) is 15. The summed E-state index contributed by atoms with van der Waals surface area (Å²) in [7, 11) is 2.35. The van der Waals surface area contributed by atoms with Crippen LogP contribution in [-0.2, 0) is 107 Å². The summed E-state index contributed by atoms with van der Waals surface area (Å²) in [4.78, 5) is 232. The van der Waals surface area contributed by atoms with Gasteiger partial charge in [0, 0.05) is 91.4 Å². The van der Waals surface area contributed by atoms with Crippen LogP contribution in [0.4, 0.5) is 4.79 Å². The average molecular weight is 1800 g/mol. The number of nitrogens with zero attached hydrogens (tertiary/aromatic N) is 1. The first-order valence-electron chi connectivity index (χ1n) is 41.8. The number of carbonyl (C=O) groups is 16. The Balaban J connectivity index is 1.15. The third-order valence-electron chi connectivity index (χ3n) is 20.7. The Kier molecular flexibility index (Phi) is 41.6. The Hall–Kier alpha value is -11.0. The van der Waals surface area contributed by atoms with E-state index in [4.69, 9.17) is 15.2 Å². The Morgan fingerprint density at radius 3 is 1.66 bits per heavy atom. The SMILES string of the molecule is CC(C)C[C@@H]1NC(=O)[C@H](Cc2ccc(O)cc2)NC(=O)[C@H](CC(=O)O)NC(=O)[C@H](Cc2ccc(O)cc2)CC(=O)[C@H](CC(N)=O)NC(=O)[C@H](Cc2cnc[nH]2)NC(=O)[C@H](C)NC(=O)[C@H](Cc2ccccc2)NC(=O)[C@H](C(C)C)NC(=O)[C@@H](NC(=O)CCOCCOCCNC(=O)CCCCC2SC[C@H]3NC(=O)N[C@@H]23)CSSC[C@@H](C)NC(=O)[C@H](C(C)C)NC1=O. The van der Waals surface area contributed by atoms with Gasteiger partial charge in [-0.25, -0.2) is 9.78 Å². The first-order valence-corrected chi connectivity index (χ1v) is 45.3. The molecule has 0 saturated carbocycles. The summed E-state index contributed by atoms with van der Waals surface area (Å²) in [6.07, 6.45) is 0.949. The largest absolute Gasteiger partial charge is 0.508 e. The van der Waals surface area contributed by atoms with E-state index in [1.807, 2.05) is 11.8 Å². The molecule has 0 spiro atoms. The first kappa shape index (κ1) is 101. The maximum Gasteiger partial charge on any atom is 0.315 e. The van der Waals surface area contributed by atoms with Crippen molar-refractivity contribution in [3.63, 3.8) is 0 Å². The minimum atomic E-state index is -2.02. The normalized spacial score (nSPS) is 24.9. The number of fused-ring (bicyclic) bond motifs is 1. The first-order chi connectivity index (χ1) is 59.5. The van der Waals surface area contributed by atoms with Crippen molar-refractivity contribution < 1.29 is 102 Å². The molecule has 20 N–H and O–H groups in total. The van der Waals surface area contributed by atoms with E-state index in [1.54, 1.807) is 78.8 Å². The maximum atomic E-state index is 14.9. The number of aliphatic carboxylic acids is 1.